The number of carbonyl (C=O) groups is 1. The fourth-order valence-electron chi connectivity index (χ4n) is 1.07. The van der Waals surface area contributed by atoms with E-state index in [2.05, 4.69) is 4.74 Å². The third-order valence-electron chi connectivity index (χ3n) is 1.83. The number of aliphatic hydroxyl groups excluding tert-OH is 4. The summed E-state index contributed by atoms with van der Waals surface area (Å²) in [5.41, 5.74) is 0. The average molecular weight is 197 g/mol. The van der Waals surface area contributed by atoms with Gasteiger partial charge in [-0.05, 0) is 0 Å². The van der Waals surface area contributed by atoms with Crippen LogP contribution in [0, 0.1) is 0 Å². The monoisotopic (exact) mass is 197 g/mol. The maximum Gasteiger partial charge on any atom is 0.335 e. The number of hydrogen-bond acceptors (Lipinski definition) is 6. The van der Waals surface area contributed by atoms with Gasteiger partial charge in [0.2, 0.25) is 0 Å². The molecule has 1 aliphatic heterocycles. The Bertz CT molecular complexity index is 205. The van der Waals surface area contributed by atoms with Crippen LogP contribution < -0.4 is 0 Å². The molecule has 1 saturated heterocycles. The molecule has 1 fully saturated rings. The molecule has 1 aliphatic rings. The van der Waals surface area contributed by atoms with Gasteiger partial charge in [-0.25, -0.2) is 4.79 Å². The molecular formula is C6H10O7. The van der Waals surface area contributed by atoms with E-state index in [0.717, 1.165) is 0 Å². The van der Waals surface area contributed by atoms with Crippen molar-refractivity contribution in [1.82, 2.24) is 0 Å². The van der Waals surface area contributed by atoms with E-state index in [4.69, 9.17) is 25.5 Å². The van der Waals surface area contributed by atoms with E-state index < -0.39 is 36.7 Å². The minimum absolute atomic E-state index is 1.52. The predicted molar refractivity (Wildman–Crippen MR) is 36.5 cm³/mol. The first-order chi connectivity index (χ1) is 5.95. The molecule has 13 heavy (non-hydrogen) atoms. The van der Waals surface area contributed by atoms with Crippen molar-refractivity contribution in [2.24, 2.45) is 0 Å². The fraction of sp³-hybridized carbons (Fsp3) is 0.833. The molecular weight excluding hydrogens is 187 g/mol. The van der Waals surface area contributed by atoms with Crippen LogP contribution in [0.15, 0.2) is 0 Å². The maximum atomic E-state index is 10.4. The second kappa shape index (κ2) is 3.56. The fourth-order valence-corrected chi connectivity index (χ4v) is 1.07. The zero-order valence-corrected chi connectivity index (χ0v) is 6.44. The van der Waals surface area contributed by atoms with Crippen molar-refractivity contribution in [2.45, 2.75) is 30.7 Å². The lowest BCUT2D eigenvalue weighted by molar-refractivity contribution is -0.279. The summed E-state index contributed by atoms with van der Waals surface area (Å²) in [7, 11) is 0. The minimum Gasteiger partial charge on any atom is -0.479 e. The summed E-state index contributed by atoms with van der Waals surface area (Å²) in [5.74, 6) is -1.52. The predicted octanol–water partition coefficient (Wildman–Crippen LogP) is -3.13. The van der Waals surface area contributed by atoms with Gasteiger partial charge in [0.1, 0.15) is 18.3 Å². The molecule has 0 bridgehead atoms. The summed E-state index contributed by atoms with van der Waals surface area (Å²) in [6.45, 7) is 0. The van der Waals surface area contributed by atoms with Gasteiger partial charge in [-0.1, -0.05) is 0 Å². The molecule has 1 unspecified atom stereocenters. The highest BCUT2D eigenvalue weighted by atomic mass is 16.8. The van der Waals surface area contributed by atoms with Crippen LogP contribution in [0.3, 0.4) is 0 Å². The Balaban J connectivity index is 2.76. The van der Waals surface area contributed by atoms with E-state index in [1.807, 2.05) is 0 Å². The molecule has 0 aromatic carbocycles. The molecule has 76 valence electrons. The van der Waals surface area contributed by atoms with Gasteiger partial charge in [-0.15, -0.1) is 0 Å². The van der Waals surface area contributed by atoms with Gasteiger partial charge in [0.15, 0.2) is 12.4 Å². The Morgan fingerprint density at radius 1 is 1.00 bits per heavy atom. The van der Waals surface area contributed by atoms with Gasteiger partial charge >= 0.3 is 5.97 Å². The number of hydrogen-bond donors (Lipinski definition) is 5. The second-order valence-electron chi connectivity index (χ2n) is 2.76. The van der Waals surface area contributed by atoms with Gasteiger partial charge in [-0.3, -0.25) is 0 Å². The molecule has 0 spiro atoms. The summed E-state index contributed by atoms with van der Waals surface area (Å²) < 4.78 is 4.34. The molecule has 0 radical (unpaired) electrons. The van der Waals surface area contributed by atoms with Crippen molar-refractivity contribution >= 4 is 5.97 Å². The number of carboxylic acids is 1. The van der Waals surface area contributed by atoms with E-state index in [-0.39, 0.29) is 0 Å². The van der Waals surface area contributed by atoms with Crippen LogP contribution >= 0.6 is 0 Å². The van der Waals surface area contributed by atoms with Gasteiger partial charge in [0, 0.05) is 0 Å². The van der Waals surface area contributed by atoms with Crippen LogP contribution in [0.1, 0.15) is 0 Å². The molecule has 7 nitrogen and oxygen atoms in total. The largest absolute Gasteiger partial charge is 0.479 e. The van der Waals surface area contributed by atoms with Crippen molar-refractivity contribution in [3.63, 3.8) is 0 Å². The summed E-state index contributed by atoms with van der Waals surface area (Å²) in [6, 6.07) is 0. The minimum atomic E-state index is -1.81. The number of ether oxygens (including phenoxy) is 1. The highest BCUT2D eigenvalue weighted by Crippen LogP contribution is 2.19. The van der Waals surface area contributed by atoms with Crippen molar-refractivity contribution in [3.05, 3.63) is 0 Å². The molecule has 0 saturated carbocycles. The first kappa shape index (κ1) is 10.4. The third-order valence-corrected chi connectivity index (χ3v) is 1.83. The van der Waals surface area contributed by atoms with Crippen LogP contribution in [0.25, 0.3) is 0 Å². The lowest BCUT2D eigenvalue weighted by atomic mass is 10.2. The average Bonchev–Trinajstić information content (AvgIpc) is 2.07. The molecule has 1 rings (SSSR count). The van der Waals surface area contributed by atoms with Crippen molar-refractivity contribution in [3.8, 4) is 0 Å². The molecule has 1 heterocycles. The summed E-state index contributed by atoms with van der Waals surface area (Å²) >= 11 is 0. The molecule has 5 N–H and O–H groups in total. The van der Waals surface area contributed by atoms with E-state index in [1.165, 1.54) is 0 Å². The highest BCUT2D eigenvalue weighted by Gasteiger charge is 2.46. The summed E-state index contributed by atoms with van der Waals surface area (Å²) in [5, 5.41) is 44.4. The van der Waals surface area contributed by atoms with Gasteiger partial charge in [0.05, 0.1) is 0 Å². The number of rotatable bonds is 1. The maximum absolute atomic E-state index is 10.4. The van der Waals surface area contributed by atoms with E-state index in [0.29, 0.717) is 0 Å². The molecule has 0 aromatic rings. The van der Waals surface area contributed by atoms with Gasteiger partial charge < -0.3 is 30.3 Å². The molecule has 0 amide bonds. The van der Waals surface area contributed by atoms with Crippen molar-refractivity contribution < 1.29 is 35.1 Å². The topological polar surface area (TPSA) is 127 Å². The third kappa shape index (κ3) is 1.79. The van der Waals surface area contributed by atoms with Crippen LogP contribution in [-0.2, 0) is 9.53 Å². The SMILES string of the molecule is O=[13C](O)[C@@H]1O[13CH](O)[13C@H](O)[C@@H](O)[C@@H]1O. The Morgan fingerprint density at radius 3 is 2.00 bits per heavy atom. The zero-order chi connectivity index (χ0) is 10.2. The van der Waals surface area contributed by atoms with E-state index in [9.17, 15) is 4.79 Å². The first-order valence-electron chi connectivity index (χ1n) is 3.55. The zero-order valence-electron chi connectivity index (χ0n) is 6.44. The lowest BCUT2D eigenvalue weighted by Crippen LogP contribution is -2.59. The quantitative estimate of drug-likeness (QED) is 0.281. The normalized spacial score (nSPS) is 46.0. The molecule has 5 atom stereocenters. The van der Waals surface area contributed by atoms with E-state index >= 15 is 0 Å². The number of aliphatic carboxylic acids is 1. The van der Waals surface area contributed by atoms with Crippen molar-refractivity contribution in [2.75, 3.05) is 0 Å². The Labute approximate surface area is 72.8 Å². The lowest BCUT2D eigenvalue weighted by Gasteiger charge is -2.36. The molecule has 0 aromatic heterocycles. The molecule has 7 heteroatoms. The van der Waals surface area contributed by atoms with Crippen LogP contribution in [-0.4, -0.2) is 62.2 Å². The smallest absolute Gasteiger partial charge is 0.335 e. The Morgan fingerprint density at radius 2 is 1.54 bits per heavy atom. The number of carboxylic acid groups (broad SMARTS) is 1. The van der Waals surface area contributed by atoms with Crippen LogP contribution in [0.5, 0.6) is 0 Å². The molecule has 0 aliphatic carbocycles. The Hall–Kier alpha value is -0.730. The summed E-state index contributed by atoms with van der Waals surface area (Å²) in [6.07, 6.45) is -8.72. The standard InChI is InChI=1S/C6H10O7/c7-1-2(8)4(5(10)11)13-6(12)3(1)9/h1-4,6-9,12H,(H,10,11)/t1-,2-,3+,4+,6?/m0/s1/i3+1,5+1,6+1. The van der Waals surface area contributed by atoms with Gasteiger partial charge in [-0.2, -0.15) is 0 Å². The summed E-state index contributed by atoms with van der Waals surface area (Å²) in [4.78, 5) is 10.4. The van der Waals surface area contributed by atoms with E-state index in [1.54, 1.807) is 0 Å². The second-order valence-corrected chi connectivity index (χ2v) is 2.76. The highest BCUT2D eigenvalue weighted by molar-refractivity contribution is 5.73. The van der Waals surface area contributed by atoms with Crippen LogP contribution in [0.2, 0.25) is 0 Å². The van der Waals surface area contributed by atoms with Crippen LogP contribution in [0.4, 0.5) is 0 Å². The first-order valence-corrected chi connectivity index (χ1v) is 3.55. The number of aliphatic hydroxyl groups is 4. The van der Waals surface area contributed by atoms with Crippen molar-refractivity contribution in [1.29, 1.82) is 0 Å². The Kier molecular flexibility index (Phi) is 2.84. The van der Waals surface area contributed by atoms with Gasteiger partial charge in [0.25, 0.3) is 0 Å².